The summed E-state index contributed by atoms with van der Waals surface area (Å²) in [5.41, 5.74) is 0. The van der Waals surface area contributed by atoms with E-state index in [9.17, 15) is 0 Å². The first-order chi connectivity index (χ1) is 9.35. The van der Waals surface area contributed by atoms with Gasteiger partial charge in [0.25, 0.3) is 0 Å². The van der Waals surface area contributed by atoms with E-state index in [-0.39, 0.29) is 0 Å². The predicted octanol–water partition coefficient (Wildman–Crippen LogP) is 2.96. The van der Waals surface area contributed by atoms with E-state index in [1.807, 2.05) is 19.2 Å². The maximum Gasteiger partial charge on any atom is 0.226 e. The number of ether oxygens (including phenoxy) is 1. The maximum absolute atomic E-state index is 5.32. The van der Waals surface area contributed by atoms with Gasteiger partial charge >= 0.3 is 0 Å². The van der Waals surface area contributed by atoms with Crippen molar-refractivity contribution in [1.29, 1.82) is 0 Å². The fourth-order valence-corrected chi connectivity index (χ4v) is 2.52. The molecule has 0 fully saturated rings. The fraction of sp³-hybridized carbons (Fsp3) is 0.538. The number of fused-ring (bicyclic) bond motifs is 1. The van der Waals surface area contributed by atoms with E-state index < -0.39 is 0 Å². The Balaban J connectivity index is 2.04. The molecule has 2 heterocycles. The topological polar surface area (TPSA) is 59.1 Å². The Morgan fingerprint density at radius 3 is 2.95 bits per heavy atom. The van der Waals surface area contributed by atoms with Crippen molar-refractivity contribution >= 4 is 33.3 Å². The third-order valence-electron chi connectivity index (χ3n) is 2.62. The Bertz CT molecular complexity index is 514. The summed E-state index contributed by atoms with van der Waals surface area (Å²) in [6.45, 7) is 7.27. The largest absolute Gasteiger partial charge is 0.382 e. The van der Waals surface area contributed by atoms with Gasteiger partial charge < -0.3 is 15.4 Å². The number of anilines is 2. The van der Waals surface area contributed by atoms with Crippen LogP contribution in [0.3, 0.4) is 0 Å². The van der Waals surface area contributed by atoms with Gasteiger partial charge in [-0.05, 0) is 31.7 Å². The van der Waals surface area contributed by atoms with Gasteiger partial charge in [0, 0.05) is 26.3 Å². The SMILES string of the molecule is CCNc1nc(NCCCOCC)c2ccsc2n1. The van der Waals surface area contributed by atoms with Gasteiger partial charge in [0.1, 0.15) is 10.6 Å². The Morgan fingerprint density at radius 2 is 2.16 bits per heavy atom. The van der Waals surface area contributed by atoms with Crippen LogP contribution in [-0.4, -0.2) is 36.3 Å². The highest BCUT2D eigenvalue weighted by atomic mass is 32.1. The summed E-state index contributed by atoms with van der Waals surface area (Å²) in [6, 6.07) is 2.06. The molecule has 2 aromatic heterocycles. The van der Waals surface area contributed by atoms with E-state index >= 15 is 0 Å². The van der Waals surface area contributed by atoms with Crippen molar-refractivity contribution in [2.75, 3.05) is 36.9 Å². The van der Waals surface area contributed by atoms with Crippen LogP contribution in [0.4, 0.5) is 11.8 Å². The standard InChI is InChI=1S/C13H20N4OS/c1-3-14-13-16-11(15-7-5-8-18-4-2)10-6-9-19-12(10)17-13/h6,9H,3-5,7-8H2,1-2H3,(H2,14,15,16,17). The van der Waals surface area contributed by atoms with Crippen LogP contribution in [0.15, 0.2) is 11.4 Å². The molecule has 0 aliphatic carbocycles. The number of aromatic nitrogens is 2. The minimum absolute atomic E-state index is 0.685. The van der Waals surface area contributed by atoms with E-state index in [1.54, 1.807) is 11.3 Å². The molecule has 0 amide bonds. The molecule has 0 aliphatic heterocycles. The maximum atomic E-state index is 5.32. The molecule has 19 heavy (non-hydrogen) atoms. The second-order valence-corrected chi connectivity index (χ2v) is 4.94. The van der Waals surface area contributed by atoms with E-state index in [4.69, 9.17) is 4.74 Å². The smallest absolute Gasteiger partial charge is 0.226 e. The summed E-state index contributed by atoms with van der Waals surface area (Å²) in [4.78, 5) is 10.0. The van der Waals surface area contributed by atoms with Crippen molar-refractivity contribution in [1.82, 2.24) is 9.97 Å². The first-order valence-electron chi connectivity index (χ1n) is 6.65. The molecule has 2 N–H and O–H groups in total. The van der Waals surface area contributed by atoms with Crippen LogP contribution >= 0.6 is 11.3 Å². The Hall–Kier alpha value is -1.40. The van der Waals surface area contributed by atoms with Crippen LogP contribution in [-0.2, 0) is 4.74 Å². The van der Waals surface area contributed by atoms with Gasteiger partial charge in [0.2, 0.25) is 5.95 Å². The summed E-state index contributed by atoms with van der Waals surface area (Å²) in [5, 5.41) is 9.66. The quantitative estimate of drug-likeness (QED) is 0.728. The molecule has 0 atom stereocenters. The number of nitrogens with zero attached hydrogens (tertiary/aromatic N) is 2. The third-order valence-corrected chi connectivity index (χ3v) is 3.43. The van der Waals surface area contributed by atoms with Crippen LogP contribution in [0.5, 0.6) is 0 Å². The Labute approximate surface area is 117 Å². The molecule has 0 radical (unpaired) electrons. The average molecular weight is 280 g/mol. The summed E-state index contributed by atoms with van der Waals surface area (Å²) < 4.78 is 5.32. The lowest BCUT2D eigenvalue weighted by molar-refractivity contribution is 0.147. The number of hydrogen-bond acceptors (Lipinski definition) is 6. The fourth-order valence-electron chi connectivity index (χ4n) is 1.75. The minimum atomic E-state index is 0.685. The van der Waals surface area contributed by atoms with Crippen LogP contribution < -0.4 is 10.6 Å². The van der Waals surface area contributed by atoms with Crippen molar-refractivity contribution in [2.24, 2.45) is 0 Å². The Morgan fingerprint density at radius 1 is 1.26 bits per heavy atom. The molecule has 0 bridgehead atoms. The van der Waals surface area contributed by atoms with Gasteiger partial charge in [0.15, 0.2) is 0 Å². The molecule has 0 spiro atoms. The average Bonchev–Trinajstić information content (AvgIpc) is 2.87. The lowest BCUT2D eigenvalue weighted by atomic mass is 10.3. The van der Waals surface area contributed by atoms with Gasteiger partial charge in [-0.15, -0.1) is 11.3 Å². The van der Waals surface area contributed by atoms with Crippen molar-refractivity contribution in [3.8, 4) is 0 Å². The van der Waals surface area contributed by atoms with Crippen molar-refractivity contribution < 1.29 is 4.74 Å². The van der Waals surface area contributed by atoms with E-state index in [2.05, 4.69) is 26.7 Å². The van der Waals surface area contributed by atoms with Gasteiger partial charge in [0.05, 0.1) is 5.39 Å². The number of nitrogens with one attached hydrogen (secondary N) is 2. The first kappa shape index (κ1) is 14.0. The van der Waals surface area contributed by atoms with Crippen LogP contribution in [0.2, 0.25) is 0 Å². The normalized spacial score (nSPS) is 10.8. The van der Waals surface area contributed by atoms with Crippen molar-refractivity contribution in [3.63, 3.8) is 0 Å². The zero-order chi connectivity index (χ0) is 13.5. The van der Waals surface area contributed by atoms with Gasteiger partial charge in [-0.2, -0.15) is 4.98 Å². The summed E-state index contributed by atoms with van der Waals surface area (Å²) in [6.07, 6.45) is 0.972. The first-order valence-corrected chi connectivity index (χ1v) is 7.53. The predicted molar refractivity (Wildman–Crippen MR) is 81.2 cm³/mol. The lowest BCUT2D eigenvalue weighted by Crippen LogP contribution is -2.09. The number of hydrogen-bond donors (Lipinski definition) is 2. The summed E-state index contributed by atoms with van der Waals surface area (Å²) in [5.74, 6) is 1.59. The highest BCUT2D eigenvalue weighted by Gasteiger charge is 2.07. The van der Waals surface area contributed by atoms with E-state index in [0.29, 0.717) is 5.95 Å². The molecule has 5 nitrogen and oxygen atoms in total. The Kier molecular flexibility index (Phi) is 5.35. The monoisotopic (exact) mass is 280 g/mol. The molecule has 0 saturated carbocycles. The highest BCUT2D eigenvalue weighted by molar-refractivity contribution is 7.16. The zero-order valence-electron chi connectivity index (χ0n) is 11.4. The lowest BCUT2D eigenvalue weighted by Gasteiger charge is -2.09. The molecule has 0 saturated heterocycles. The molecule has 0 aliphatic rings. The highest BCUT2D eigenvalue weighted by Crippen LogP contribution is 2.26. The number of rotatable bonds is 8. The molecule has 2 aromatic rings. The number of thiophene rings is 1. The second kappa shape index (κ2) is 7.25. The minimum Gasteiger partial charge on any atom is -0.382 e. The molecule has 0 aromatic carbocycles. The molecule has 2 rings (SSSR count). The zero-order valence-corrected chi connectivity index (χ0v) is 12.2. The molecule has 6 heteroatoms. The summed E-state index contributed by atoms with van der Waals surface area (Å²) >= 11 is 1.63. The third kappa shape index (κ3) is 3.78. The molecular formula is C13H20N4OS. The molecule has 104 valence electrons. The second-order valence-electron chi connectivity index (χ2n) is 4.04. The molecular weight excluding hydrogens is 260 g/mol. The van der Waals surface area contributed by atoms with Crippen LogP contribution in [0, 0.1) is 0 Å². The van der Waals surface area contributed by atoms with Crippen molar-refractivity contribution in [3.05, 3.63) is 11.4 Å². The van der Waals surface area contributed by atoms with E-state index in [1.165, 1.54) is 0 Å². The van der Waals surface area contributed by atoms with Gasteiger partial charge in [-0.25, -0.2) is 4.98 Å². The summed E-state index contributed by atoms with van der Waals surface area (Å²) in [7, 11) is 0. The van der Waals surface area contributed by atoms with Gasteiger partial charge in [-0.3, -0.25) is 0 Å². The van der Waals surface area contributed by atoms with Crippen LogP contribution in [0.1, 0.15) is 20.3 Å². The van der Waals surface area contributed by atoms with Crippen LogP contribution in [0.25, 0.3) is 10.2 Å². The van der Waals surface area contributed by atoms with E-state index in [0.717, 1.165) is 48.8 Å². The molecule has 0 unspecified atom stereocenters. The van der Waals surface area contributed by atoms with Crippen molar-refractivity contribution in [2.45, 2.75) is 20.3 Å². The van der Waals surface area contributed by atoms with Gasteiger partial charge in [-0.1, -0.05) is 0 Å².